The second kappa shape index (κ2) is 7.31. The van der Waals surface area contributed by atoms with Crippen LogP contribution in [0.5, 0.6) is 0 Å². The van der Waals surface area contributed by atoms with Crippen LogP contribution < -0.4 is 11.3 Å². The van der Waals surface area contributed by atoms with E-state index in [0.717, 1.165) is 12.1 Å². The molecule has 0 aliphatic carbocycles. The van der Waals surface area contributed by atoms with E-state index in [1.807, 2.05) is 0 Å². The molecule has 20 heavy (non-hydrogen) atoms. The largest absolute Gasteiger partial charge is 0.271 e. The number of benzene rings is 1. The molecule has 1 unspecified atom stereocenters. The number of nitrogens with two attached hydrogens (primary N) is 1. The van der Waals surface area contributed by atoms with Gasteiger partial charge in [-0.2, -0.15) is 0 Å². The van der Waals surface area contributed by atoms with Gasteiger partial charge in [0.2, 0.25) is 0 Å². The highest BCUT2D eigenvalue weighted by Gasteiger charge is 2.18. The molecule has 0 aromatic heterocycles. The van der Waals surface area contributed by atoms with E-state index in [1.54, 1.807) is 6.92 Å². The van der Waals surface area contributed by atoms with E-state index in [0.29, 0.717) is 6.42 Å². The van der Waals surface area contributed by atoms with E-state index in [1.165, 1.54) is 0 Å². The molecule has 1 aromatic carbocycles. The Morgan fingerprint density at radius 1 is 1.35 bits per heavy atom. The average molecular weight is 327 g/mol. The van der Waals surface area contributed by atoms with Crippen molar-refractivity contribution in [2.75, 3.05) is 11.5 Å². The van der Waals surface area contributed by atoms with Gasteiger partial charge in [-0.05, 0) is 25.0 Å². The molecule has 1 rings (SSSR count). The highest BCUT2D eigenvalue weighted by molar-refractivity contribution is 7.91. The summed E-state index contributed by atoms with van der Waals surface area (Å²) in [6.45, 7) is 1.56. The molecule has 0 bridgehead atoms. The fourth-order valence-corrected chi connectivity index (χ4v) is 2.83. The summed E-state index contributed by atoms with van der Waals surface area (Å²) in [5.41, 5.74) is 2.40. The van der Waals surface area contributed by atoms with Crippen LogP contribution in [-0.4, -0.2) is 19.9 Å². The van der Waals surface area contributed by atoms with Crippen LogP contribution in [0.3, 0.4) is 0 Å². The lowest BCUT2D eigenvalue weighted by Gasteiger charge is -2.17. The number of hydrogen-bond donors (Lipinski definition) is 2. The molecule has 1 aromatic rings. The van der Waals surface area contributed by atoms with Crippen molar-refractivity contribution >= 4 is 21.4 Å². The molecule has 0 heterocycles. The molecule has 0 fully saturated rings. The summed E-state index contributed by atoms with van der Waals surface area (Å²) in [7, 11) is -3.09. The maximum absolute atomic E-state index is 13.7. The zero-order valence-electron chi connectivity index (χ0n) is 11.0. The molecule has 0 saturated carbocycles. The fraction of sp³-hybridized carbons (Fsp3) is 0.500. The molecular formula is C12H17ClF2N2O2S. The van der Waals surface area contributed by atoms with Gasteiger partial charge in [-0.1, -0.05) is 18.5 Å². The van der Waals surface area contributed by atoms with Gasteiger partial charge in [0.05, 0.1) is 10.8 Å². The molecule has 4 nitrogen and oxygen atoms in total. The Morgan fingerprint density at radius 3 is 2.55 bits per heavy atom. The first-order valence-corrected chi connectivity index (χ1v) is 8.31. The number of hydrazine groups is 1. The van der Waals surface area contributed by atoms with E-state index in [2.05, 4.69) is 5.43 Å². The SMILES string of the molecule is CCS(=O)(=O)CCCC(NN)c1cc(F)c(Cl)cc1F. The molecule has 0 amide bonds. The number of sulfone groups is 1. The number of rotatable bonds is 7. The molecule has 114 valence electrons. The van der Waals surface area contributed by atoms with E-state index in [4.69, 9.17) is 17.4 Å². The van der Waals surface area contributed by atoms with E-state index >= 15 is 0 Å². The van der Waals surface area contributed by atoms with Gasteiger partial charge in [0.1, 0.15) is 21.5 Å². The Labute approximate surface area is 122 Å². The lowest BCUT2D eigenvalue weighted by Crippen LogP contribution is -2.29. The molecule has 0 saturated heterocycles. The summed E-state index contributed by atoms with van der Waals surface area (Å²) < 4.78 is 49.8. The Hall–Kier alpha value is -0.760. The van der Waals surface area contributed by atoms with Crippen molar-refractivity contribution < 1.29 is 17.2 Å². The van der Waals surface area contributed by atoms with Crippen LogP contribution in [0.4, 0.5) is 8.78 Å². The van der Waals surface area contributed by atoms with Crippen LogP contribution in [0.2, 0.25) is 5.02 Å². The van der Waals surface area contributed by atoms with Crippen molar-refractivity contribution in [1.29, 1.82) is 0 Å². The smallest absolute Gasteiger partial charge is 0.150 e. The van der Waals surface area contributed by atoms with Crippen LogP contribution in [0, 0.1) is 11.6 Å². The predicted octanol–water partition coefficient (Wildman–Crippen LogP) is 2.34. The minimum Gasteiger partial charge on any atom is -0.271 e. The molecule has 0 aliphatic heterocycles. The fourth-order valence-electron chi connectivity index (χ4n) is 1.79. The average Bonchev–Trinajstić information content (AvgIpc) is 2.39. The first-order valence-electron chi connectivity index (χ1n) is 6.11. The van der Waals surface area contributed by atoms with E-state index in [9.17, 15) is 17.2 Å². The van der Waals surface area contributed by atoms with Gasteiger partial charge in [-0.25, -0.2) is 17.2 Å². The molecule has 8 heteroatoms. The van der Waals surface area contributed by atoms with Gasteiger partial charge >= 0.3 is 0 Å². The highest BCUT2D eigenvalue weighted by Crippen LogP contribution is 2.26. The van der Waals surface area contributed by atoms with E-state index < -0.39 is 27.5 Å². The summed E-state index contributed by atoms with van der Waals surface area (Å²) in [4.78, 5) is 0. The van der Waals surface area contributed by atoms with Crippen LogP contribution in [0.25, 0.3) is 0 Å². The Balaban J connectivity index is 2.79. The standard InChI is InChI=1S/C12H17ClF2N2O2S/c1-2-20(18,19)5-3-4-12(17-16)8-6-11(15)9(13)7-10(8)14/h6-7,12,17H,2-5,16H2,1H3. The third kappa shape index (κ3) is 4.66. The molecule has 1 atom stereocenters. The lowest BCUT2D eigenvalue weighted by molar-refractivity contribution is 0.474. The van der Waals surface area contributed by atoms with Gasteiger partial charge in [0.15, 0.2) is 0 Å². The summed E-state index contributed by atoms with van der Waals surface area (Å²) in [5, 5.41) is -0.310. The monoisotopic (exact) mass is 326 g/mol. The predicted molar refractivity (Wildman–Crippen MR) is 75.0 cm³/mol. The van der Waals surface area contributed by atoms with Crippen LogP contribution in [-0.2, 0) is 9.84 Å². The number of hydrogen-bond acceptors (Lipinski definition) is 4. The van der Waals surface area contributed by atoms with Gasteiger partial charge < -0.3 is 0 Å². The number of nitrogens with one attached hydrogen (secondary N) is 1. The molecule has 0 spiro atoms. The van der Waals surface area contributed by atoms with Crippen molar-refractivity contribution in [2.24, 2.45) is 5.84 Å². The maximum Gasteiger partial charge on any atom is 0.150 e. The van der Waals surface area contributed by atoms with Crippen molar-refractivity contribution in [1.82, 2.24) is 5.43 Å². The minimum atomic E-state index is -3.09. The summed E-state index contributed by atoms with van der Waals surface area (Å²) >= 11 is 5.47. The van der Waals surface area contributed by atoms with Gasteiger partial charge in [0.25, 0.3) is 0 Å². The Morgan fingerprint density at radius 2 is 2.00 bits per heavy atom. The molecule has 0 aliphatic rings. The normalized spacial score (nSPS) is 13.4. The molecule has 3 N–H and O–H groups in total. The number of halogens is 3. The van der Waals surface area contributed by atoms with Crippen molar-refractivity contribution in [3.63, 3.8) is 0 Å². The second-order valence-corrected chi connectivity index (χ2v) is 7.27. The third-order valence-electron chi connectivity index (χ3n) is 3.00. The van der Waals surface area contributed by atoms with Gasteiger partial charge in [0, 0.05) is 17.4 Å². The van der Waals surface area contributed by atoms with Crippen molar-refractivity contribution in [2.45, 2.75) is 25.8 Å². The third-order valence-corrected chi connectivity index (χ3v) is 5.08. The molecule has 0 radical (unpaired) electrons. The highest BCUT2D eigenvalue weighted by atomic mass is 35.5. The topological polar surface area (TPSA) is 72.2 Å². The molecular weight excluding hydrogens is 310 g/mol. The van der Waals surface area contributed by atoms with Gasteiger partial charge in [-0.15, -0.1) is 0 Å². The summed E-state index contributed by atoms with van der Waals surface area (Å²) in [6, 6.07) is 1.17. The first kappa shape index (κ1) is 17.3. The second-order valence-electron chi connectivity index (χ2n) is 4.39. The summed E-state index contributed by atoms with van der Waals surface area (Å²) in [5.74, 6) is 3.93. The lowest BCUT2D eigenvalue weighted by atomic mass is 10.0. The quantitative estimate of drug-likeness (QED) is 0.458. The summed E-state index contributed by atoms with van der Waals surface area (Å²) in [6.07, 6.45) is 0.572. The van der Waals surface area contributed by atoms with E-state index in [-0.39, 0.29) is 28.5 Å². The van der Waals surface area contributed by atoms with Crippen LogP contribution in [0.15, 0.2) is 12.1 Å². The zero-order chi connectivity index (χ0) is 15.3. The van der Waals surface area contributed by atoms with Crippen LogP contribution in [0.1, 0.15) is 31.4 Å². The Kier molecular flexibility index (Phi) is 6.32. The first-order chi connectivity index (χ1) is 9.30. The van der Waals surface area contributed by atoms with Crippen molar-refractivity contribution in [3.8, 4) is 0 Å². The van der Waals surface area contributed by atoms with Gasteiger partial charge in [-0.3, -0.25) is 11.3 Å². The maximum atomic E-state index is 13.7. The van der Waals surface area contributed by atoms with Crippen LogP contribution >= 0.6 is 11.6 Å². The minimum absolute atomic E-state index is 0.0145. The zero-order valence-corrected chi connectivity index (χ0v) is 12.6. The van der Waals surface area contributed by atoms with Crippen molar-refractivity contribution in [3.05, 3.63) is 34.4 Å². The Bertz CT molecular complexity index is 567.